The van der Waals surface area contributed by atoms with Crippen LogP contribution in [0.5, 0.6) is 11.5 Å². The van der Waals surface area contributed by atoms with Crippen LogP contribution in [-0.2, 0) is 10.8 Å². The Morgan fingerprint density at radius 3 is 2.04 bits per heavy atom. The van der Waals surface area contributed by atoms with Gasteiger partial charge in [0.1, 0.15) is 18.8 Å². The zero-order chi connectivity index (χ0) is 35.6. The maximum atomic E-state index is 7.07. The molecule has 5 nitrogen and oxygen atoms in total. The second-order valence-corrected chi connectivity index (χ2v) is 16.6. The molecule has 0 saturated carbocycles. The quantitative estimate of drug-likeness (QED) is 0.171. The number of benzene rings is 5. The summed E-state index contributed by atoms with van der Waals surface area (Å²) in [6, 6.07) is 31.6. The van der Waals surface area contributed by atoms with Gasteiger partial charge >= 0.3 is 0 Å². The SMILES string of the molecule is Cc1cc2c3c(c1)N(c1c(C)cc4c(c1C)OCCO4)c1c(oc4ccccc14)B3c1cc(C(C)(C)C)ccc1N2c1ccc(C(C)(C)C)cc1. The van der Waals surface area contributed by atoms with E-state index >= 15 is 0 Å². The van der Waals surface area contributed by atoms with Gasteiger partial charge < -0.3 is 23.7 Å². The van der Waals surface area contributed by atoms with E-state index < -0.39 is 0 Å². The van der Waals surface area contributed by atoms with Gasteiger partial charge in [-0.2, -0.15) is 0 Å². The van der Waals surface area contributed by atoms with Gasteiger partial charge in [0.2, 0.25) is 0 Å². The number of rotatable bonds is 2. The predicted octanol–water partition coefficient (Wildman–Crippen LogP) is 9.81. The van der Waals surface area contributed by atoms with E-state index in [1.807, 2.05) is 0 Å². The standard InChI is InChI=1S/C45H45BN2O3/c1-26-22-35-39-36(23-26)48(40-27(2)24-38-42(28(40)3)50-21-20-49-38)41-32-12-10-11-13-37(32)51-43(41)46(39)33-25-30(45(7,8)9)16-19-34(33)47(35)31-17-14-29(15-18-31)44(4,5)6/h10-19,22-25H,20-21H2,1-9H3. The van der Waals surface area contributed by atoms with Gasteiger partial charge in [0.25, 0.3) is 6.71 Å². The van der Waals surface area contributed by atoms with Crippen molar-refractivity contribution in [3.8, 4) is 11.5 Å². The molecule has 0 fully saturated rings. The van der Waals surface area contributed by atoms with Crippen LogP contribution < -0.4 is 35.9 Å². The van der Waals surface area contributed by atoms with Crippen LogP contribution in [0.4, 0.5) is 34.1 Å². The maximum Gasteiger partial charge on any atom is 0.297 e. The number of anilines is 6. The first kappa shape index (κ1) is 31.9. The summed E-state index contributed by atoms with van der Waals surface area (Å²) in [5.74, 6) is 1.63. The molecule has 0 aliphatic carbocycles. The Labute approximate surface area is 301 Å². The van der Waals surface area contributed by atoms with E-state index in [2.05, 4.69) is 157 Å². The zero-order valence-corrected chi connectivity index (χ0v) is 31.2. The van der Waals surface area contributed by atoms with Crippen molar-refractivity contribution in [3.05, 3.63) is 113 Å². The van der Waals surface area contributed by atoms with Crippen molar-refractivity contribution in [3.63, 3.8) is 0 Å². The normalized spacial score (nSPS) is 14.8. The van der Waals surface area contributed by atoms with E-state index in [1.165, 1.54) is 44.7 Å². The smallest absolute Gasteiger partial charge is 0.297 e. The molecule has 0 bridgehead atoms. The minimum absolute atomic E-state index is 0.0264. The van der Waals surface area contributed by atoms with Gasteiger partial charge in [-0.15, -0.1) is 0 Å². The molecule has 0 N–H and O–H groups in total. The van der Waals surface area contributed by atoms with Gasteiger partial charge in [0.05, 0.1) is 17.0 Å². The monoisotopic (exact) mass is 672 g/mol. The van der Waals surface area contributed by atoms with Gasteiger partial charge in [0, 0.05) is 33.7 Å². The van der Waals surface area contributed by atoms with Crippen molar-refractivity contribution in [2.75, 3.05) is 23.0 Å². The summed E-state index contributed by atoms with van der Waals surface area (Å²) in [4.78, 5) is 4.94. The van der Waals surface area contributed by atoms with E-state index in [4.69, 9.17) is 13.9 Å². The van der Waals surface area contributed by atoms with Gasteiger partial charge in [-0.3, -0.25) is 0 Å². The van der Waals surface area contributed by atoms with Crippen LogP contribution >= 0.6 is 0 Å². The second kappa shape index (κ2) is 11.0. The molecule has 0 spiro atoms. The molecule has 51 heavy (non-hydrogen) atoms. The lowest BCUT2D eigenvalue weighted by molar-refractivity contribution is 0.170. The Morgan fingerprint density at radius 1 is 0.647 bits per heavy atom. The predicted molar refractivity (Wildman–Crippen MR) is 213 cm³/mol. The van der Waals surface area contributed by atoms with E-state index in [0.29, 0.717) is 13.2 Å². The number of nitrogens with zero attached hydrogens (tertiary/aromatic N) is 2. The molecule has 6 aromatic rings. The third-order valence-corrected chi connectivity index (χ3v) is 11.0. The van der Waals surface area contributed by atoms with Crippen LogP contribution in [0.1, 0.15) is 69.4 Å². The van der Waals surface area contributed by atoms with Crippen LogP contribution in [0.2, 0.25) is 0 Å². The van der Waals surface area contributed by atoms with Crippen LogP contribution in [0.25, 0.3) is 11.0 Å². The third-order valence-electron chi connectivity index (χ3n) is 11.0. The number of furan rings is 1. The molecule has 4 heterocycles. The van der Waals surface area contributed by atoms with Crippen LogP contribution in [-0.4, -0.2) is 19.9 Å². The lowest BCUT2D eigenvalue weighted by Gasteiger charge is -2.44. The highest BCUT2D eigenvalue weighted by Gasteiger charge is 2.47. The summed E-state index contributed by atoms with van der Waals surface area (Å²) in [6.45, 7) is 21.3. The molecule has 9 rings (SSSR count). The van der Waals surface area contributed by atoms with Gasteiger partial charge in [-0.1, -0.05) is 77.9 Å². The molecule has 256 valence electrons. The Kier molecular flexibility index (Phi) is 6.84. The molecule has 0 unspecified atom stereocenters. The van der Waals surface area contributed by atoms with Crippen molar-refractivity contribution >= 4 is 68.4 Å². The maximum absolute atomic E-state index is 7.07. The average molecular weight is 673 g/mol. The van der Waals surface area contributed by atoms with E-state index in [9.17, 15) is 0 Å². The fraction of sp³-hybridized carbons (Fsp3) is 0.289. The van der Waals surface area contributed by atoms with Crippen LogP contribution in [0.3, 0.4) is 0 Å². The fourth-order valence-corrected chi connectivity index (χ4v) is 8.50. The highest BCUT2D eigenvalue weighted by molar-refractivity contribution is 7.00. The zero-order valence-electron chi connectivity index (χ0n) is 31.2. The summed E-state index contributed by atoms with van der Waals surface area (Å²) in [7, 11) is 0. The molecule has 0 amide bonds. The van der Waals surface area contributed by atoms with E-state index in [0.717, 1.165) is 56.3 Å². The Hall–Kier alpha value is -5.10. The van der Waals surface area contributed by atoms with Gasteiger partial charge in [-0.25, -0.2) is 0 Å². The number of hydrogen-bond donors (Lipinski definition) is 0. The number of ether oxygens (including phenoxy) is 2. The Balaban J connectivity index is 1.40. The summed E-state index contributed by atoms with van der Waals surface area (Å²) >= 11 is 0. The lowest BCUT2D eigenvalue weighted by Crippen LogP contribution is -2.61. The van der Waals surface area contributed by atoms with Crippen molar-refractivity contribution in [1.82, 2.24) is 0 Å². The van der Waals surface area contributed by atoms with Crippen molar-refractivity contribution in [2.24, 2.45) is 0 Å². The summed E-state index contributed by atoms with van der Waals surface area (Å²) in [5, 5.41) is 1.10. The molecule has 3 aliphatic heterocycles. The molecular weight excluding hydrogens is 627 g/mol. The summed E-state index contributed by atoms with van der Waals surface area (Å²) in [5.41, 5.74) is 17.3. The van der Waals surface area contributed by atoms with E-state index in [1.54, 1.807) is 0 Å². The lowest BCUT2D eigenvalue weighted by atomic mass is 9.35. The van der Waals surface area contributed by atoms with Gasteiger partial charge in [0.15, 0.2) is 11.5 Å². The molecule has 0 atom stereocenters. The molecule has 5 aromatic carbocycles. The minimum atomic E-state index is -0.102. The fourth-order valence-electron chi connectivity index (χ4n) is 8.50. The van der Waals surface area contributed by atoms with E-state index in [-0.39, 0.29) is 17.5 Å². The third kappa shape index (κ3) is 4.75. The summed E-state index contributed by atoms with van der Waals surface area (Å²) in [6.07, 6.45) is 0. The van der Waals surface area contributed by atoms with Crippen LogP contribution in [0.15, 0.2) is 89.3 Å². The van der Waals surface area contributed by atoms with Gasteiger partial charge in [-0.05, 0) is 113 Å². The molecule has 1 aromatic heterocycles. The van der Waals surface area contributed by atoms with Crippen molar-refractivity contribution in [2.45, 2.75) is 73.1 Å². The largest absolute Gasteiger partial charge is 0.486 e. The molecule has 6 heteroatoms. The molecular formula is C45H45BN2O3. The number of aryl methyl sites for hydroxylation is 2. The van der Waals surface area contributed by atoms with Crippen molar-refractivity contribution < 1.29 is 13.9 Å². The average Bonchev–Trinajstić information content (AvgIpc) is 3.47. The first-order chi connectivity index (χ1) is 24.3. The first-order valence-corrected chi connectivity index (χ1v) is 18.2. The highest BCUT2D eigenvalue weighted by atomic mass is 16.6. The van der Waals surface area contributed by atoms with Crippen LogP contribution in [0, 0.1) is 20.8 Å². The Morgan fingerprint density at radius 2 is 1.31 bits per heavy atom. The molecule has 3 aliphatic rings. The van der Waals surface area contributed by atoms with Crippen molar-refractivity contribution in [1.29, 1.82) is 0 Å². The minimum Gasteiger partial charge on any atom is -0.486 e. The Bertz CT molecular complexity index is 2390. The first-order valence-electron chi connectivity index (χ1n) is 18.2. The number of fused-ring (bicyclic) bond motifs is 7. The number of para-hydroxylation sites is 1. The number of hydrogen-bond acceptors (Lipinski definition) is 5. The molecule has 0 radical (unpaired) electrons. The molecule has 0 saturated heterocycles. The second-order valence-electron chi connectivity index (χ2n) is 16.6. The topological polar surface area (TPSA) is 38.1 Å². The highest BCUT2D eigenvalue weighted by Crippen LogP contribution is 2.51. The summed E-state index contributed by atoms with van der Waals surface area (Å²) < 4.78 is 19.5.